The Labute approximate surface area is 124 Å². The number of nitrogens with one attached hydrogen (secondary N) is 1. The minimum Gasteiger partial charge on any atom is -0.467 e. The van der Waals surface area contributed by atoms with E-state index in [2.05, 4.69) is 17.1 Å². The first-order chi connectivity index (χ1) is 10.1. The van der Waals surface area contributed by atoms with E-state index in [9.17, 15) is 4.79 Å². The maximum absolute atomic E-state index is 12.0. The average Bonchev–Trinajstić information content (AvgIpc) is 3.01. The zero-order valence-electron chi connectivity index (χ0n) is 12.4. The number of para-hydroxylation sites is 1. The minimum atomic E-state index is -0.147. The second-order valence-corrected chi connectivity index (χ2v) is 5.01. The summed E-state index contributed by atoms with van der Waals surface area (Å²) in [5, 5.41) is 2.91. The quantitative estimate of drug-likeness (QED) is 0.852. The lowest BCUT2D eigenvalue weighted by molar-refractivity contribution is 0.0951. The minimum absolute atomic E-state index is 0.147. The van der Waals surface area contributed by atoms with Crippen LogP contribution in [0.4, 0.5) is 5.69 Å². The van der Waals surface area contributed by atoms with E-state index >= 15 is 0 Å². The summed E-state index contributed by atoms with van der Waals surface area (Å²) in [5.41, 5.74) is 7.08. The van der Waals surface area contributed by atoms with E-state index in [0.717, 1.165) is 5.69 Å². The number of nitrogens with two attached hydrogens (primary N) is 1. The van der Waals surface area contributed by atoms with Crippen LogP contribution < -0.4 is 16.0 Å². The van der Waals surface area contributed by atoms with Crippen LogP contribution in [0.25, 0.3) is 0 Å². The normalized spacial score (nSPS) is 12.0. The van der Waals surface area contributed by atoms with Gasteiger partial charge in [0.25, 0.3) is 5.91 Å². The zero-order valence-corrected chi connectivity index (χ0v) is 12.4. The van der Waals surface area contributed by atoms with Gasteiger partial charge >= 0.3 is 0 Å². The van der Waals surface area contributed by atoms with Crippen molar-refractivity contribution in [3.05, 3.63) is 54.0 Å². The highest BCUT2D eigenvalue weighted by molar-refractivity contribution is 5.94. The molecule has 5 nitrogen and oxygen atoms in total. The number of carbonyl (C=O) groups excluding carboxylic acids is 1. The molecule has 0 spiro atoms. The fourth-order valence-corrected chi connectivity index (χ4v) is 2.00. The molecule has 0 saturated carbocycles. The number of rotatable bonds is 6. The number of hydrogen-bond acceptors (Lipinski definition) is 4. The number of nitrogens with zero attached hydrogens (tertiary/aromatic N) is 1. The average molecular weight is 287 g/mol. The van der Waals surface area contributed by atoms with Gasteiger partial charge in [-0.25, -0.2) is 0 Å². The highest BCUT2D eigenvalue weighted by Crippen LogP contribution is 2.13. The number of benzene rings is 1. The molecular weight excluding hydrogens is 266 g/mol. The third-order valence-electron chi connectivity index (χ3n) is 3.50. The summed E-state index contributed by atoms with van der Waals surface area (Å²) < 4.78 is 5.16. The van der Waals surface area contributed by atoms with Gasteiger partial charge in [-0.1, -0.05) is 18.2 Å². The topological polar surface area (TPSA) is 71.5 Å². The Kier molecular flexibility index (Phi) is 5.00. The largest absolute Gasteiger partial charge is 0.467 e. The third-order valence-corrected chi connectivity index (χ3v) is 3.50. The number of furan rings is 1. The molecule has 2 aromatic rings. The first-order valence-electron chi connectivity index (χ1n) is 6.95. The zero-order chi connectivity index (χ0) is 15.2. The van der Waals surface area contributed by atoms with Gasteiger partial charge in [-0.05, 0) is 25.1 Å². The van der Waals surface area contributed by atoms with Crippen molar-refractivity contribution in [1.29, 1.82) is 0 Å². The van der Waals surface area contributed by atoms with E-state index in [4.69, 9.17) is 10.2 Å². The molecule has 1 amide bonds. The SMILES string of the molecule is CC(CNC(=O)c1coc(CN)c1)N(C)c1ccccc1. The highest BCUT2D eigenvalue weighted by atomic mass is 16.3. The number of amides is 1. The highest BCUT2D eigenvalue weighted by Gasteiger charge is 2.13. The van der Waals surface area contributed by atoms with Gasteiger partial charge in [0.05, 0.1) is 12.1 Å². The molecule has 1 atom stereocenters. The molecule has 0 aliphatic heterocycles. The van der Waals surface area contributed by atoms with Crippen LogP contribution in [0.3, 0.4) is 0 Å². The Morgan fingerprint density at radius 1 is 1.38 bits per heavy atom. The Morgan fingerprint density at radius 2 is 2.10 bits per heavy atom. The van der Waals surface area contributed by atoms with Gasteiger partial charge in [-0.15, -0.1) is 0 Å². The molecule has 3 N–H and O–H groups in total. The van der Waals surface area contributed by atoms with E-state index in [1.165, 1.54) is 6.26 Å². The molecule has 112 valence electrons. The van der Waals surface area contributed by atoms with E-state index in [-0.39, 0.29) is 11.9 Å². The van der Waals surface area contributed by atoms with E-state index < -0.39 is 0 Å². The molecule has 0 bridgehead atoms. The fourth-order valence-electron chi connectivity index (χ4n) is 2.00. The van der Waals surface area contributed by atoms with Crippen LogP contribution in [0.5, 0.6) is 0 Å². The Balaban J connectivity index is 1.88. The molecule has 1 heterocycles. The first-order valence-corrected chi connectivity index (χ1v) is 6.95. The second kappa shape index (κ2) is 6.95. The van der Waals surface area contributed by atoms with Crippen molar-refractivity contribution in [1.82, 2.24) is 5.32 Å². The van der Waals surface area contributed by atoms with Crippen LogP contribution in [-0.4, -0.2) is 25.5 Å². The van der Waals surface area contributed by atoms with Crippen LogP contribution in [0, 0.1) is 0 Å². The van der Waals surface area contributed by atoms with Gasteiger partial charge in [-0.3, -0.25) is 4.79 Å². The van der Waals surface area contributed by atoms with Crippen molar-refractivity contribution in [2.24, 2.45) is 5.73 Å². The van der Waals surface area contributed by atoms with Crippen LogP contribution in [0.1, 0.15) is 23.0 Å². The van der Waals surface area contributed by atoms with Gasteiger partial charge in [0.15, 0.2) is 0 Å². The third kappa shape index (κ3) is 3.86. The first kappa shape index (κ1) is 15.1. The lowest BCUT2D eigenvalue weighted by Gasteiger charge is -2.27. The molecule has 0 radical (unpaired) electrons. The van der Waals surface area contributed by atoms with Crippen LogP contribution in [0.15, 0.2) is 47.1 Å². The van der Waals surface area contributed by atoms with Gasteiger partial charge in [0, 0.05) is 25.3 Å². The number of likely N-dealkylation sites (N-methyl/N-ethyl adjacent to an activating group) is 1. The molecule has 0 saturated heterocycles. The summed E-state index contributed by atoms with van der Waals surface area (Å²) in [6.07, 6.45) is 1.43. The standard InChI is InChI=1S/C16H21N3O2/c1-12(19(2)14-6-4-3-5-7-14)10-18-16(20)13-8-15(9-17)21-11-13/h3-8,11-12H,9-10,17H2,1-2H3,(H,18,20). The summed E-state index contributed by atoms with van der Waals surface area (Å²) in [6.45, 7) is 2.90. The summed E-state index contributed by atoms with van der Waals surface area (Å²) in [4.78, 5) is 14.1. The lowest BCUT2D eigenvalue weighted by atomic mass is 10.2. The van der Waals surface area contributed by atoms with E-state index in [1.54, 1.807) is 6.07 Å². The van der Waals surface area contributed by atoms with E-state index in [0.29, 0.717) is 24.4 Å². The van der Waals surface area contributed by atoms with Crippen molar-refractivity contribution in [3.8, 4) is 0 Å². The Morgan fingerprint density at radius 3 is 2.71 bits per heavy atom. The Bertz CT molecular complexity index is 580. The van der Waals surface area contributed by atoms with Crippen molar-refractivity contribution in [2.75, 3.05) is 18.5 Å². The monoisotopic (exact) mass is 287 g/mol. The summed E-state index contributed by atoms with van der Waals surface area (Å²) in [5.74, 6) is 0.460. The van der Waals surface area contributed by atoms with Crippen molar-refractivity contribution < 1.29 is 9.21 Å². The number of carbonyl (C=O) groups is 1. The molecule has 1 unspecified atom stereocenters. The second-order valence-electron chi connectivity index (χ2n) is 5.01. The van der Waals surface area contributed by atoms with Gasteiger partial charge in [-0.2, -0.15) is 0 Å². The lowest BCUT2D eigenvalue weighted by Crippen LogP contribution is -2.40. The van der Waals surface area contributed by atoms with Crippen molar-refractivity contribution in [3.63, 3.8) is 0 Å². The van der Waals surface area contributed by atoms with Crippen molar-refractivity contribution in [2.45, 2.75) is 19.5 Å². The molecule has 0 fully saturated rings. The summed E-state index contributed by atoms with van der Waals surface area (Å²) in [7, 11) is 2.01. The van der Waals surface area contributed by atoms with Gasteiger partial charge < -0.3 is 20.4 Å². The van der Waals surface area contributed by atoms with E-state index in [1.807, 2.05) is 37.4 Å². The fraction of sp³-hybridized carbons (Fsp3) is 0.312. The Hall–Kier alpha value is -2.27. The van der Waals surface area contributed by atoms with Crippen LogP contribution in [-0.2, 0) is 6.54 Å². The summed E-state index contributed by atoms with van der Waals surface area (Å²) >= 11 is 0. The molecule has 1 aromatic heterocycles. The predicted octanol–water partition coefficient (Wildman–Crippen LogP) is 1.99. The number of anilines is 1. The van der Waals surface area contributed by atoms with Crippen LogP contribution >= 0.6 is 0 Å². The molecule has 1 aromatic carbocycles. The molecule has 2 rings (SSSR count). The molecule has 0 aliphatic rings. The maximum atomic E-state index is 12.0. The predicted molar refractivity (Wildman–Crippen MR) is 83.2 cm³/mol. The van der Waals surface area contributed by atoms with Gasteiger partial charge in [0.1, 0.15) is 12.0 Å². The molecule has 21 heavy (non-hydrogen) atoms. The smallest absolute Gasteiger partial charge is 0.254 e. The molecule has 0 aliphatic carbocycles. The number of hydrogen-bond donors (Lipinski definition) is 2. The van der Waals surface area contributed by atoms with Crippen LogP contribution in [0.2, 0.25) is 0 Å². The summed E-state index contributed by atoms with van der Waals surface area (Å²) in [6, 6.07) is 11.9. The molecular formula is C16H21N3O2. The molecule has 5 heteroatoms. The maximum Gasteiger partial charge on any atom is 0.254 e. The van der Waals surface area contributed by atoms with Crippen molar-refractivity contribution >= 4 is 11.6 Å². The van der Waals surface area contributed by atoms with Gasteiger partial charge in [0.2, 0.25) is 0 Å².